The largest absolute Gasteiger partial charge is 0.378 e. The third kappa shape index (κ3) is 9.85. The average Bonchev–Trinajstić information content (AvgIpc) is 3.09. The van der Waals surface area contributed by atoms with Gasteiger partial charge in [0, 0.05) is 25.7 Å². The number of benzene rings is 1. The van der Waals surface area contributed by atoms with Crippen LogP contribution in [0.3, 0.4) is 0 Å². The predicted octanol–water partition coefficient (Wildman–Crippen LogP) is 3.16. The maximum Gasteiger partial charge on any atom is 0.229 e. The van der Waals surface area contributed by atoms with E-state index < -0.39 is 0 Å². The van der Waals surface area contributed by atoms with Crippen molar-refractivity contribution >= 4 is 17.8 Å². The van der Waals surface area contributed by atoms with Gasteiger partial charge in [0.15, 0.2) is 0 Å². The van der Waals surface area contributed by atoms with E-state index in [1.54, 1.807) is 12.1 Å². The van der Waals surface area contributed by atoms with Crippen molar-refractivity contribution in [1.82, 2.24) is 15.0 Å². The minimum atomic E-state index is -0.256. The van der Waals surface area contributed by atoms with Crippen molar-refractivity contribution in [2.75, 3.05) is 55.5 Å². The van der Waals surface area contributed by atoms with Gasteiger partial charge in [-0.1, -0.05) is 37.8 Å². The van der Waals surface area contributed by atoms with Crippen LogP contribution in [-0.2, 0) is 16.0 Å². The molecule has 1 aliphatic rings. The molecule has 0 spiro atoms. The normalized spacial score (nSPS) is 14.6. The van der Waals surface area contributed by atoms with E-state index in [4.69, 9.17) is 15.2 Å². The SMILES string of the molecule is NCCOCCOCCNc1nc(NCc2ccc(F)cc2)nc(NC2CCCCCC2)n1. The molecular weight excluding hydrogens is 425 g/mol. The molecule has 0 aliphatic heterocycles. The van der Waals surface area contributed by atoms with Crippen molar-refractivity contribution in [1.29, 1.82) is 0 Å². The summed E-state index contributed by atoms with van der Waals surface area (Å²) < 4.78 is 24.0. The summed E-state index contributed by atoms with van der Waals surface area (Å²) in [5, 5.41) is 9.91. The number of nitrogens with two attached hydrogens (primary N) is 1. The molecule has 1 aliphatic carbocycles. The molecular formula is C23H36FN7O2. The Balaban J connectivity index is 1.56. The standard InChI is InChI=1S/C23H36FN7O2/c24-19-9-7-18(8-10-19)17-27-22-29-21(26-12-14-33-16-15-32-13-11-25)30-23(31-22)28-20-5-3-1-2-4-6-20/h7-10,20H,1-6,11-17,25H2,(H3,26,27,28,29,30,31). The van der Waals surface area contributed by atoms with Gasteiger partial charge in [-0.2, -0.15) is 15.0 Å². The molecule has 3 rings (SSSR count). The molecule has 1 fully saturated rings. The van der Waals surface area contributed by atoms with Crippen LogP contribution >= 0.6 is 0 Å². The lowest BCUT2D eigenvalue weighted by Crippen LogP contribution is -2.22. The summed E-state index contributed by atoms with van der Waals surface area (Å²) in [6.07, 6.45) is 7.24. The van der Waals surface area contributed by atoms with Crippen LogP contribution in [0, 0.1) is 5.82 Å². The van der Waals surface area contributed by atoms with E-state index in [0.717, 1.165) is 18.4 Å². The number of anilines is 3. The Kier molecular flexibility index (Phi) is 11.1. The maximum atomic E-state index is 13.2. The Morgan fingerprint density at radius 2 is 1.45 bits per heavy atom. The van der Waals surface area contributed by atoms with Gasteiger partial charge in [-0.15, -0.1) is 0 Å². The molecule has 1 aromatic heterocycles. The lowest BCUT2D eigenvalue weighted by atomic mass is 10.1. The number of rotatable bonds is 14. The molecule has 0 radical (unpaired) electrons. The molecule has 182 valence electrons. The van der Waals surface area contributed by atoms with Gasteiger partial charge in [-0.05, 0) is 30.5 Å². The van der Waals surface area contributed by atoms with Crippen LogP contribution in [0.4, 0.5) is 22.2 Å². The van der Waals surface area contributed by atoms with Gasteiger partial charge < -0.3 is 31.2 Å². The van der Waals surface area contributed by atoms with E-state index in [0.29, 0.717) is 69.9 Å². The smallest absolute Gasteiger partial charge is 0.229 e. The molecule has 2 aromatic rings. The van der Waals surface area contributed by atoms with Gasteiger partial charge in [0.25, 0.3) is 0 Å². The molecule has 0 unspecified atom stereocenters. The highest BCUT2D eigenvalue weighted by Crippen LogP contribution is 2.21. The number of nitrogens with zero attached hydrogens (tertiary/aromatic N) is 3. The topological polar surface area (TPSA) is 119 Å². The molecule has 0 atom stereocenters. The van der Waals surface area contributed by atoms with Crippen molar-refractivity contribution in [3.8, 4) is 0 Å². The molecule has 1 saturated carbocycles. The fourth-order valence-corrected chi connectivity index (χ4v) is 3.63. The Morgan fingerprint density at radius 3 is 2.15 bits per heavy atom. The van der Waals surface area contributed by atoms with Crippen LogP contribution in [-0.4, -0.2) is 60.5 Å². The van der Waals surface area contributed by atoms with E-state index in [2.05, 4.69) is 30.9 Å². The Morgan fingerprint density at radius 1 is 0.818 bits per heavy atom. The molecule has 10 heteroatoms. The minimum Gasteiger partial charge on any atom is -0.378 e. The van der Waals surface area contributed by atoms with Crippen LogP contribution in [0.25, 0.3) is 0 Å². The highest BCUT2D eigenvalue weighted by atomic mass is 19.1. The fourth-order valence-electron chi connectivity index (χ4n) is 3.63. The monoisotopic (exact) mass is 461 g/mol. The molecule has 9 nitrogen and oxygen atoms in total. The second-order valence-corrected chi connectivity index (χ2v) is 8.06. The molecule has 5 N–H and O–H groups in total. The van der Waals surface area contributed by atoms with Crippen molar-refractivity contribution < 1.29 is 13.9 Å². The zero-order chi connectivity index (χ0) is 23.1. The van der Waals surface area contributed by atoms with Gasteiger partial charge in [0.05, 0.1) is 26.4 Å². The first-order chi connectivity index (χ1) is 16.2. The molecule has 1 heterocycles. The summed E-state index contributed by atoms with van der Waals surface area (Å²) >= 11 is 0. The van der Waals surface area contributed by atoms with E-state index >= 15 is 0 Å². The average molecular weight is 462 g/mol. The molecule has 0 bridgehead atoms. The number of nitrogens with one attached hydrogen (secondary N) is 3. The molecule has 1 aromatic carbocycles. The van der Waals surface area contributed by atoms with Crippen molar-refractivity contribution in [2.24, 2.45) is 5.73 Å². The fraction of sp³-hybridized carbons (Fsp3) is 0.609. The van der Waals surface area contributed by atoms with Crippen LogP contribution < -0.4 is 21.7 Å². The molecule has 33 heavy (non-hydrogen) atoms. The predicted molar refractivity (Wildman–Crippen MR) is 128 cm³/mol. The van der Waals surface area contributed by atoms with E-state index in [-0.39, 0.29) is 5.82 Å². The summed E-state index contributed by atoms with van der Waals surface area (Å²) in [6.45, 7) is 3.63. The number of hydrogen-bond donors (Lipinski definition) is 4. The summed E-state index contributed by atoms with van der Waals surface area (Å²) in [6, 6.07) is 6.73. The third-order valence-electron chi connectivity index (χ3n) is 5.35. The van der Waals surface area contributed by atoms with E-state index in [9.17, 15) is 4.39 Å². The number of hydrogen-bond acceptors (Lipinski definition) is 9. The number of ether oxygens (including phenoxy) is 2. The van der Waals surface area contributed by atoms with Crippen molar-refractivity contribution in [3.05, 3.63) is 35.6 Å². The first-order valence-corrected chi connectivity index (χ1v) is 11.8. The zero-order valence-electron chi connectivity index (χ0n) is 19.2. The third-order valence-corrected chi connectivity index (χ3v) is 5.35. The van der Waals surface area contributed by atoms with Gasteiger partial charge in [0.2, 0.25) is 17.8 Å². The van der Waals surface area contributed by atoms with E-state index in [1.165, 1.54) is 37.8 Å². The zero-order valence-corrected chi connectivity index (χ0v) is 19.2. The Labute approximate surface area is 195 Å². The Bertz CT molecular complexity index is 802. The van der Waals surface area contributed by atoms with E-state index in [1.807, 2.05) is 0 Å². The van der Waals surface area contributed by atoms with Gasteiger partial charge >= 0.3 is 0 Å². The second-order valence-electron chi connectivity index (χ2n) is 8.06. The number of aromatic nitrogens is 3. The lowest BCUT2D eigenvalue weighted by molar-refractivity contribution is 0.0547. The van der Waals surface area contributed by atoms with Gasteiger partial charge in [-0.25, -0.2) is 4.39 Å². The summed E-state index contributed by atoms with van der Waals surface area (Å²) in [4.78, 5) is 13.6. The number of halogens is 1. The summed E-state index contributed by atoms with van der Waals surface area (Å²) in [5.41, 5.74) is 6.33. The Hall–Kier alpha value is -2.56. The van der Waals surface area contributed by atoms with Crippen LogP contribution in [0.2, 0.25) is 0 Å². The van der Waals surface area contributed by atoms with Gasteiger partial charge in [-0.3, -0.25) is 0 Å². The lowest BCUT2D eigenvalue weighted by Gasteiger charge is -2.17. The van der Waals surface area contributed by atoms with Crippen LogP contribution in [0.1, 0.15) is 44.1 Å². The second kappa shape index (κ2) is 14.6. The maximum absolute atomic E-state index is 13.2. The quantitative estimate of drug-likeness (QED) is 0.248. The summed E-state index contributed by atoms with van der Waals surface area (Å²) in [5.74, 6) is 1.24. The van der Waals surface area contributed by atoms with Crippen LogP contribution in [0.15, 0.2) is 24.3 Å². The van der Waals surface area contributed by atoms with Gasteiger partial charge in [0.1, 0.15) is 5.82 Å². The highest BCUT2D eigenvalue weighted by Gasteiger charge is 2.15. The minimum absolute atomic E-state index is 0.256. The van der Waals surface area contributed by atoms with Crippen LogP contribution in [0.5, 0.6) is 0 Å². The highest BCUT2D eigenvalue weighted by molar-refractivity contribution is 5.43. The van der Waals surface area contributed by atoms with Crippen molar-refractivity contribution in [2.45, 2.75) is 51.1 Å². The molecule has 0 saturated heterocycles. The first-order valence-electron chi connectivity index (χ1n) is 11.8. The first kappa shape index (κ1) is 25.1. The molecule has 0 amide bonds. The summed E-state index contributed by atoms with van der Waals surface area (Å²) in [7, 11) is 0. The van der Waals surface area contributed by atoms with Crippen molar-refractivity contribution in [3.63, 3.8) is 0 Å².